The Morgan fingerprint density at radius 2 is 1.96 bits per heavy atom. The Morgan fingerprint density at radius 1 is 1.26 bits per heavy atom. The molecule has 0 saturated carbocycles. The van der Waals surface area contributed by atoms with E-state index in [0.29, 0.717) is 13.1 Å². The van der Waals surface area contributed by atoms with Crippen molar-refractivity contribution in [2.75, 3.05) is 31.1 Å². The smallest absolute Gasteiger partial charge is 0.235 e. The number of anilines is 1. The van der Waals surface area contributed by atoms with Gasteiger partial charge in [-0.25, -0.2) is 9.97 Å². The minimum absolute atomic E-state index is 0.120. The molecule has 0 radical (unpaired) electrons. The molecule has 122 valence electrons. The molecule has 7 heteroatoms. The summed E-state index contributed by atoms with van der Waals surface area (Å²) in [5.74, 6) is 1.76. The van der Waals surface area contributed by atoms with Crippen LogP contribution in [0.3, 0.4) is 0 Å². The second kappa shape index (κ2) is 7.04. The Morgan fingerprint density at radius 3 is 2.57 bits per heavy atom. The Balaban J connectivity index is 1.55. The minimum Gasteiger partial charge on any atom is -0.468 e. The van der Waals surface area contributed by atoms with Gasteiger partial charge in [-0.05, 0) is 26.0 Å². The molecule has 2 aromatic rings. The van der Waals surface area contributed by atoms with Crippen molar-refractivity contribution in [2.24, 2.45) is 0 Å². The highest BCUT2D eigenvalue weighted by molar-refractivity contribution is 8.00. The number of carbonyl (C=O) groups is 1. The molecule has 1 aliphatic rings. The predicted octanol–water partition coefficient (Wildman–Crippen LogP) is 2.21. The summed E-state index contributed by atoms with van der Waals surface area (Å²) in [5, 5.41) is -0.120. The van der Waals surface area contributed by atoms with Crippen LogP contribution in [0.4, 0.5) is 5.95 Å². The van der Waals surface area contributed by atoms with Gasteiger partial charge in [0.15, 0.2) is 0 Å². The van der Waals surface area contributed by atoms with Gasteiger partial charge in [0, 0.05) is 43.5 Å². The lowest BCUT2D eigenvalue weighted by atomic mass is 10.3. The van der Waals surface area contributed by atoms with Crippen molar-refractivity contribution < 1.29 is 9.21 Å². The molecule has 1 aliphatic heterocycles. The van der Waals surface area contributed by atoms with Crippen molar-refractivity contribution >= 4 is 23.6 Å². The third kappa shape index (κ3) is 3.67. The Bertz CT molecular complexity index is 653. The molecule has 0 N–H and O–H groups in total. The average Bonchev–Trinajstić information content (AvgIpc) is 3.00. The second-order valence-corrected chi connectivity index (χ2v) is 6.84. The lowest BCUT2D eigenvalue weighted by Crippen LogP contribution is -2.51. The second-order valence-electron chi connectivity index (χ2n) is 5.46. The van der Waals surface area contributed by atoms with Gasteiger partial charge in [-0.1, -0.05) is 0 Å². The molecule has 1 fully saturated rings. The molecular weight excluding hydrogens is 312 g/mol. The molecule has 1 amide bonds. The first-order chi connectivity index (χ1) is 11.1. The summed E-state index contributed by atoms with van der Waals surface area (Å²) < 4.78 is 5.29. The number of nitrogens with zero attached hydrogens (tertiary/aromatic N) is 4. The van der Waals surface area contributed by atoms with Crippen LogP contribution < -0.4 is 4.90 Å². The van der Waals surface area contributed by atoms with Crippen LogP contribution in [0.25, 0.3) is 0 Å². The average molecular weight is 332 g/mol. The summed E-state index contributed by atoms with van der Waals surface area (Å²) in [5.41, 5.74) is 0. The summed E-state index contributed by atoms with van der Waals surface area (Å²) in [4.78, 5) is 26.2. The number of amides is 1. The van der Waals surface area contributed by atoms with Gasteiger partial charge in [-0.15, -0.1) is 11.8 Å². The molecule has 0 unspecified atom stereocenters. The molecule has 0 aliphatic carbocycles. The largest absolute Gasteiger partial charge is 0.468 e. The minimum atomic E-state index is -0.120. The lowest BCUT2D eigenvalue weighted by molar-refractivity contribution is -0.130. The molecule has 3 heterocycles. The van der Waals surface area contributed by atoms with E-state index in [9.17, 15) is 4.79 Å². The third-order valence-corrected chi connectivity index (χ3v) is 5.12. The van der Waals surface area contributed by atoms with E-state index < -0.39 is 0 Å². The molecule has 0 spiro atoms. The van der Waals surface area contributed by atoms with Gasteiger partial charge in [-0.3, -0.25) is 4.79 Å². The zero-order chi connectivity index (χ0) is 16.2. The van der Waals surface area contributed by atoms with E-state index in [1.807, 2.05) is 24.8 Å². The van der Waals surface area contributed by atoms with Gasteiger partial charge in [0.25, 0.3) is 0 Å². The summed E-state index contributed by atoms with van der Waals surface area (Å²) in [6, 6.07) is 3.72. The van der Waals surface area contributed by atoms with Crippen LogP contribution in [0.2, 0.25) is 0 Å². The molecule has 0 aromatic carbocycles. The molecular formula is C16H20N4O2S. The van der Waals surface area contributed by atoms with Crippen molar-refractivity contribution in [3.05, 3.63) is 36.5 Å². The zero-order valence-electron chi connectivity index (χ0n) is 13.3. The van der Waals surface area contributed by atoms with E-state index in [2.05, 4.69) is 14.9 Å². The van der Waals surface area contributed by atoms with Gasteiger partial charge in [-0.2, -0.15) is 0 Å². The number of thioether (sulfide) groups is 1. The fourth-order valence-corrected chi connectivity index (χ4v) is 3.55. The van der Waals surface area contributed by atoms with Crippen molar-refractivity contribution in [3.63, 3.8) is 0 Å². The number of aromatic nitrogens is 2. The maximum Gasteiger partial charge on any atom is 0.235 e. The standard InChI is InChI=1S/C16H20N4O2S/c1-12-14(4-11-22-12)23-13(2)15(21)19-7-9-20(10-8-19)16-17-5-3-6-18-16/h3-6,11,13H,7-10H2,1-2H3/t13-/m0/s1. The lowest BCUT2D eigenvalue weighted by Gasteiger charge is -2.35. The quantitative estimate of drug-likeness (QED) is 0.800. The van der Waals surface area contributed by atoms with Crippen LogP contribution >= 0.6 is 11.8 Å². The Kier molecular flexibility index (Phi) is 4.85. The monoisotopic (exact) mass is 332 g/mol. The molecule has 6 nitrogen and oxygen atoms in total. The summed E-state index contributed by atoms with van der Waals surface area (Å²) in [7, 11) is 0. The number of hydrogen-bond acceptors (Lipinski definition) is 6. The van der Waals surface area contributed by atoms with E-state index >= 15 is 0 Å². The van der Waals surface area contributed by atoms with Gasteiger partial charge < -0.3 is 14.2 Å². The molecule has 1 atom stereocenters. The summed E-state index contributed by atoms with van der Waals surface area (Å²) in [6.07, 6.45) is 5.14. The summed E-state index contributed by atoms with van der Waals surface area (Å²) >= 11 is 1.55. The predicted molar refractivity (Wildman–Crippen MR) is 89.6 cm³/mol. The van der Waals surface area contributed by atoms with Crippen LogP contribution in [0, 0.1) is 6.92 Å². The fraction of sp³-hybridized carbons (Fsp3) is 0.438. The SMILES string of the molecule is Cc1occc1S[C@@H](C)C(=O)N1CCN(c2ncccn2)CC1. The van der Waals surface area contributed by atoms with Gasteiger partial charge in [0.2, 0.25) is 11.9 Å². The highest BCUT2D eigenvalue weighted by atomic mass is 32.2. The highest BCUT2D eigenvalue weighted by Crippen LogP contribution is 2.28. The van der Waals surface area contributed by atoms with Crippen molar-refractivity contribution in [1.82, 2.24) is 14.9 Å². The molecule has 1 saturated heterocycles. The van der Waals surface area contributed by atoms with Crippen LogP contribution in [0.1, 0.15) is 12.7 Å². The molecule has 2 aromatic heterocycles. The Labute approximate surface area is 139 Å². The molecule has 3 rings (SSSR count). The van der Waals surface area contributed by atoms with Crippen LogP contribution in [0.5, 0.6) is 0 Å². The number of piperazine rings is 1. The third-order valence-electron chi connectivity index (χ3n) is 3.89. The normalized spacial score (nSPS) is 16.4. The van der Waals surface area contributed by atoms with Crippen molar-refractivity contribution in [1.29, 1.82) is 0 Å². The van der Waals surface area contributed by atoms with Gasteiger partial charge in [0.05, 0.1) is 11.5 Å². The van der Waals surface area contributed by atoms with Crippen LogP contribution in [-0.2, 0) is 4.79 Å². The van der Waals surface area contributed by atoms with E-state index in [0.717, 1.165) is 29.7 Å². The molecule has 0 bridgehead atoms. The first-order valence-corrected chi connectivity index (χ1v) is 8.54. The number of carbonyl (C=O) groups excluding carboxylic acids is 1. The maximum atomic E-state index is 12.6. The number of aryl methyl sites for hydroxylation is 1. The fourth-order valence-electron chi connectivity index (χ4n) is 2.57. The van der Waals surface area contributed by atoms with E-state index in [4.69, 9.17) is 4.42 Å². The number of hydrogen-bond donors (Lipinski definition) is 0. The summed E-state index contributed by atoms with van der Waals surface area (Å²) in [6.45, 7) is 6.79. The van der Waals surface area contributed by atoms with Crippen molar-refractivity contribution in [3.8, 4) is 0 Å². The van der Waals surface area contributed by atoms with E-state index in [1.54, 1.807) is 36.5 Å². The van der Waals surface area contributed by atoms with Crippen LogP contribution in [0.15, 0.2) is 40.1 Å². The first kappa shape index (κ1) is 15.9. The highest BCUT2D eigenvalue weighted by Gasteiger charge is 2.26. The number of furan rings is 1. The van der Waals surface area contributed by atoms with Gasteiger partial charge >= 0.3 is 0 Å². The number of rotatable bonds is 4. The van der Waals surface area contributed by atoms with E-state index in [-0.39, 0.29) is 11.2 Å². The zero-order valence-corrected chi connectivity index (χ0v) is 14.1. The Hall–Kier alpha value is -2.02. The van der Waals surface area contributed by atoms with Crippen molar-refractivity contribution in [2.45, 2.75) is 24.0 Å². The topological polar surface area (TPSA) is 62.5 Å². The first-order valence-electron chi connectivity index (χ1n) is 7.66. The van der Waals surface area contributed by atoms with E-state index in [1.165, 1.54) is 0 Å². The van der Waals surface area contributed by atoms with Crippen LogP contribution in [-0.4, -0.2) is 52.2 Å². The van der Waals surface area contributed by atoms with Gasteiger partial charge in [0.1, 0.15) is 5.76 Å². The maximum absolute atomic E-state index is 12.6. The molecule has 23 heavy (non-hydrogen) atoms.